The highest BCUT2D eigenvalue weighted by molar-refractivity contribution is 5.98. The zero-order valence-electron chi connectivity index (χ0n) is 15.4. The molecule has 6 heteroatoms. The second-order valence-corrected chi connectivity index (χ2v) is 6.54. The Labute approximate surface area is 167 Å². The van der Waals surface area contributed by atoms with Crippen molar-refractivity contribution in [2.24, 2.45) is 0 Å². The van der Waals surface area contributed by atoms with Crippen molar-refractivity contribution in [3.05, 3.63) is 84.9 Å². The van der Waals surface area contributed by atoms with Crippen LogP contribution in [0.25, 0.3) is 33.7 Å². The standard InChI is InChI=1S/C23H17N5O/c24-21-19-20(15-11-13-18(14-12-15)29-17-9-5-2-6-10-17)25-22(26-23(19)28-27-21)16-7-3-1-4-8-16/h1-14H,(H3,24,25,26,27,28). The molecule has 0 saturated carbocycles. The van der Waals surface area contributed by atoms with Gasteiger partial charge < -0.3 is 10.5 Å². The van der Waals surface area contributed by atoms with Gasteiger partial charge in [0.1, 0.15) is 17.3 Å². The van der Waals surface area contributed by atoms with E-state index in [0.29, 0.717) is 22.7 Å². The zero-order valence-corrected chi connectivity index (χ0v) is 15.4. The minimum atomic E-state index is 0.444. The molecule has 0 bridgehead atoms. The van der Waals surface area contributed by atoms with E-state index < -0.39 is 0 Å². The number of para-hydroxylation sites is 1. The summed E-state index contributed by atoms with van der Waals surface area (Å²) in [4.78, 5) is 9.36. The molecule has 29 heavy (non-hydrogen) atoms. The van der Waals surface area contributed by atoms with Crippen LogP contribution in [0.3, 0.4) is 0 Å². The van der Waals surface area contributed by atoms with E-state index in [1.54, 1.807) is 0 Å². The maximum atomic E-state index is 6.11. The number of aromatic amines is 1. The molecule has 5 rings (SSSR count). The number of fused-ring (bicyclic) bond motifs is 1. The van der Waals surface area contributed by atoms with Crippen molar-refractivity contribution >= 4 is 16.9 Å². The van der Waals surface area contributed by atoms with Crippen LogP contribution in [0.2, 0.25) is 0 Å². The highest BCUT2D eigenvalue weighted by atomic mass is 16.5. The van der Waals surface area contributed by atoms with E-state index in [9.17, 15) is 0 Å². The maximum Gasteiger partial charge on any atom is 0.187 e. The van der Waals surface area contributed by atoms with Crippen LogP contribution in [0.5, 0.6) is 11.5 Å². The topological polar surface area (TPSA) is 89.7 Å². The Morgan fingerprint density at radius 3 is 2.07 bits per heavy atom. The lowest BCUT2D eigenvalue weighted by Crippen LogP contribution is -1.96. The highest BCUT2D eigenvalue weighted by Gasteiger charge is 2.16. The van der Waals surface area contributed by atoms with Crippen LogP contribution in [0.15, 0.2) is 84.9 Å². The van der Waals surface area contributed by atoms with Crippen LogP contribution in [-0.4, -0.2) is 20.2 Å². The van der Waals surface area contributed by atoms with Gasteiger partial charge in [0, 0.05) is 11.1 Å². The summed E-state index contributed by atoms with van der Waals surface area (Å²) in [6.07, 6.45) is 0. The molecular weight excluding hydrogens is 362 g/mol. The first kappa shape index (κ1) is 16.9. The molecule has 0 unspecified atom stereocenters. The molecule has 3 aromatic carbocycles. The molecule has 2 aromatic heterocycles. The third-order valence-electron chi connectivity index (χ3n) is 4.58. The molecule has 0 radical (unpaired) electrons. The lowest BCUT2D eigenvalue weighted by molar-refractivity contribution is 0.483. The molecule has 140 valence electrons. The van der Waals surface area contributed by atoms with Crippen molar-refractivity contribution in [2.45, 2.75) is 0 Å². The molecular formula is C23H17N5O. The summed E-state index contributed by atoms with van der Waals surface area (Å²) < 4.78 is 5.88. The van der Waals surface area contributed by atoms with E-state index in [0.717, 1.165) is 28.3 Å². The minimum absolute atomic E-state index is 0.444. The first-order chi connectivity index (χ1) is 14.3. The van der Waals surface area contributed by atoms with Gasteiger partial charge in [-0.1, -0.05) is 48.5 Å². The number of rotatable bonds is 4. The first-order valence-electron chi connectivity index (χ1n) is 9.18. The van der Waals surface area contributed by atoms with E-state index in [4.69, 9.17) is 15.5 Å². The molecule has 0 amide bonds. The van der Waals surface area contributed by atoms with Crippen molar-refractivity contribution in [1.29, 1.82) is 0 Å². The number of benzene rings is 3. The Balaban J connectivity index is 1.58. The molecule has 0 aliphatic rings. The van der Waals surface area contributed by atoms with Gasteiger partial charge in [-0.05, 0) is 36.4 Å². The Morgan fingerprint density at radius 2 is 1.34 bits per heavy atom. The van der Waals surface area contributed by atoms with E-state index in [-0.39, 0.29) is 0 Å². The molecule has 0 spiro atoms. The predicted octanol–water partition coefficient (Wildman–Crippen LogP) is 5.06. The Hall–Kier alpha value is -4.19. The molecule has 5 aromatic rings. The van der Waals surface area contributed by atoms with Crippen molar-refractivity contribution in [1.82, 2.24) is 20.2 Å². The second kappa shape index (κ2) is 7.09. The van der Waals surface area contributed by atoms with Gasteiger partial charge in [0.15, 0.2) is 11.5 Å². The number of anilines is 1. The summed E-state index contributed by atoms with van der Waals surface area (Å²) in [6.45, 7) is 0. The van der Waals surface area contributed by atoms with Gasteiger partial charge in [-0.2, -0.15) is 5.10 Å². The highest BCUT2D eigenvalue weighted by Crippen LogP contribution is 2.32. The minimum Gasteiger partial charge on any atom is -0.457 e. The average molecular weight is 379 g/mol. The lowest BCUT2D eigenvalue weighted by atomic mass is 10.1. The summed E-state index contributed by atoms with van der Waals surface area (Å²) in [5.74, 6) is 2.58. The number of ether oxygens (including phenoxy) is 1. The SMILES string of the molecule is Nc1[nH]nc2nc(-c3ccccc3)nc(-c3ccc(Oc4ccccc4)cc3)c12. The van der Waals surface area contributed by atoms with Crippen LogP contribution < -0.4 is 10.5 Å². The van der Waals surface area contributed by atoms with Crippen LogP contribution in [-0.2, 0) is 0 Å². The zero-order chi connectivity index (χ0) is 19.6. The Kier molecular flexibility index (Phi) is 4.14. The number of nitrogen functional groups attached to an aromatic ring is 1. The molecule has 3 N–H and O–H groups in total. The fourth-order valence-electron chi connectivity index (χ4n) is 3.18. The summed E-state index contributed by atoms with van der Waals surface area (Å²) in [5.41, 5.74) is 9.20. The van der Waals surface area contributed by atoms with Crippen molar-refractivity contribution in [3.8, 4) is 34.1 Å². The molecule has 0 fully saturated rings. The largest absolute Gasteiger partial charge is 0.457 e. The third kappa shape index (κ3) is 3.27. The van der Waals surface area contributed by atoms with E-state index in [1.807, 2.05) is 84.9 Å². The fourth-order valence-corrected chi connectivity index (χ4v) is 3.18. The molecule has 2 heterocycles. The number of hydrogen-bond donors (Lipinski definition) is 2. The fraction of sp³-hybridized carbons (Fsp3) is 0. The molecule has 0 saturated heterocycles. The summed E-state index contributed by atoms with van der Waals surface area (Å²) >= 11 is 0. The number of H-pyrrole nitrogens is 1. The van der Waals surface area contributed by atoms with Crippen LogP contribution in [0.1, 0.15) is 0 Å². The lowest BCUT2D eigenvalue weighted by Gasteiger charge is -2.09. The maximum absolute atomic E-state index is 6.11. The average Bonchev–Trinajstić information content (AvgIpc) is 3.16. The Morgan fingerprint density at radius 1 is 0.690 bits per heavy atom. The van der Waals surface area contributed by atoms with E-state index in [1.165, 1.54) is 0 Å². The second-order valence-electron chi connectivity index (χ2n) is 6.54. The first-order valence-corrected chi connectivity index (χ1v) is 9.18. The van der Waals surface area contributed by atoms with Crippen LogP contribution in [0.4, 0.5) is 5.82 Å². The Bertz CT molecular complexity index is 1270. The predicted molar refractivity (Wildman–Crippen MR) is 113 cm³/mol. The number of nitrogens with two attached hydrogens (primary N) is 1. The summed E-state index contributed by atoms with van der Waals surface area (Å²) in [7, 11) is 0. The van der Waals surface area contributed by atoms with E-state index >= 15 is 0 Å². The van der Waals surface area contributed by atoms with Crippen LogP contribution >= 0.6 is 0 Å². The summed E-state index contributed by atoms with van der Waals surface area (Å²) in [5, 5.41) is 7.76. The molecule has 0 atom stereocenters. The van der Waals surface area contributed by atoms with E-state index in [2.05, 4.69) is 15.2 Å². The monoisotopic (exact) mass is 379 g/mol. The van der Waals surface area contributed by atoms with Gasteiger partial charge in [-0.25, -0.2) is 9.97 Å². The number of nitrogens with one attached hydrogen (secondary N) is 1. The smallest absolute Gasteiger partial charge is 0.187 e. The normalized spacial score (nSPS) is 10.9. The van der Waals surface area contributed by atoms with Crippen LogP contribution in [0, 0.1) is 0 Å². The quantitative estimate of drug-likeness (QED) is 0.455. The van der Waals surface area contributed by atoms with Gasteiger partial charge in [0.05, 0.1) is 11.1 Å². The van der Waals surface area contributed by atoms with Crippen molar-refractivity contribution in [3.63, 3.8) is 0 Å². The van der Waals surface area contributed by atoms with Gasteiger partial charge in [-0.3, -0.25) is 5.10 Å². The molecule has 0 aliphatic heterocycles. The summed E-state index contributed by atoms with van der Waals surface area (Å²) in [6, 6.07) is 27.2. The van der Waals surface area contributed by atoms with Crippen molar-refractivity contribution in [2.75, 3.05) is 5.73 Å². The number of nitrogens with zero attached hydrogens (tertiary/aromatic N) is 3. The number of aromatic nitrogens is 4. The number of hydrogen-bond acceptors (Lipinski definition) is 5. The van der Waals surface area contributed by atoms with Gasteiger partial charge >= 0.3 is 0 Å². The van der Waals surface area contributed by atoms with Crippen molar-refractivity contribution < 1.29 is 4.74 Å². The van der Waals surface area contributed by atoms with Gasteiger partial charge in [0.25, 0.3) is 0 Å². The molecule has 0 aliphatic carbocycles. The van der Waals surface area contributed by atoms with Gasteiger partial charge in [0.2, 0.25) is 0 Å². The third-order valence-corrected chi connectivity index (χ3v) is 4.58. The molecule has 6 nitrogen and oxygen atoms in total. The van der Waals surface area contributed by atoms with Gasteiger partial charge in [-0.15, -0.1) is 0 Å².